The Balaban J connectivity index is 1.31. The molecule has 2 aromatic heterocycles. The SMILES string of the molecule is N=C(/C=C\N)C[C@H]1CCc2c(OC[C@H]3CCCN3c3ncnc4[nH]cnc34)cccc2C1=O. The Hall–Kier alpha value is -3.75. The van der Waals surface area contributed by atoms with Crippen LogP contribution in [0.1, 0.15) is 41.6 Å². The number of H-pyrrole nitrogens is 1. The van der Waals surface area contributed by atoms with E-state index in [0.717, 1.165) is 54.1 Å². The van der Waals surface area contributed by atoms with E-state index in [1.165, 1.54) is 6.20 Å². The summed E-state index contributed by atoms with van der Waals surface area (Å²) in [5, 5.41) is 7.97. The second-order valence-corrected chi connectivity index (χ2v) is 8.57. The topological polar surface area (TPSA) is 134 Å². The monoisotopic (exact) mass is 445 g/mol. The van der Waals surface area contributed by atoms with Crippen molar-refractivity contribution in [1.29, 1.82) is 5.41 Å². The van der Waals surface area contributed by atoms with Crippen LogP contribution in [0.4, 0.5) is 5.82 Å². The molecule has 0 radical (unpaired) electrons. The number of carbonyl (C=O) groups excluding carboxylic acids is 1. The molecule has 0 amide bonds. The van der Waals surface area contributed by atoms with E-state index in [1.807, 2.05) is 18.2 Å². The van der Waals surface area contributed by atoms with Crippen molar-refractivity contribution in [1.82, 2.24) is 19.9 Å². The van der Waals surface area contributed by atoms with Crippen LogP contribution in [0.5, 0.6) is 5.75 Å². The summed E-state index contributed by atoms with van der Waals surface area (Å²) in [6.07, 6.45) is 10.0. The van der Waals surface area contributed by atoms with Crippen LogP contribution in [0.15, 0.2) is 43.1 Å². The van der Waals surface area contributed by atoms with Crippen molar-refractivity contribution in [3.63, 3.8) is 0 Å². The number of rotatable bonds is 7. The molecule has 1 aromatic carbocycles. The molecule has 0 bridgehead atoms. The van der Waals surface area contributed by atoms with Crippen molar-refractivity contribution >= 4 is 28.5 Å². The highest BCUT2D eigenvalue weighted by atomic mass is 16.5. The maximum atomic E-state index is 13.1. The van der Waals surface area contributed by atoms with Gasteiger partial charge in [-0.2, -0.15) is 0 Å². The minimum Gasteiger partial charge on any atom is -0.491 e. The summed E-state index contributed by atoms with van der Waals surface area (Å²) < 4.78 is 6.30. The normalized spacial score (nSPS) is 20.5. The molecule has 1 aliphatic heterocycles. The van der Waals surface area contributed by atoms with Crippen molar-refractivity contribution in [2.45, 2.75) is 38.1 Å². The fraction of sp³-hybridized carbons (Fsp3) is 0.375. The van der Waals surface area contributed by atoms with E-state index in [2.05, 4.69) is 24.8 Å². The second kappa shape index (κ2) is 9.01. The maximum Gasteiger partial charge on any atom is 0.166 e. The lowest BCUT2D eigenvalue weighted by atomic mass is 9.80. The third-order valence-corrected chi connectivity index (χ3v) is 6.55. The van der Waals surface area contributed by atoms with Crippen LogP contribution in [0.25, 0.3) is 11.2 Å². The molecule has 3 aromatic rings. The first-order chi connectivity index (χ1) is 16.2. The van der Waals surface area contributed by atoms with Crippen LogP contribution < -0.4 is 15.4 Å². The van der Waals surface area contributed by atoms with Crippen LogP contribution in [-0.2, 0) is 6.42 Å². The van der Waals surface area contributed by atoms with Gasteiger partial charge in [-0.3, -0.25) is 4.79 Å². The van der Waals surface area contributed by atoms with E-state index in [1.54, 1.807) is 18.7 Å². The van der Waals surface area contributed by atoms with Crippen LogP contribution >= 0.6 is 0 Å². The second-order valence-electron chi connectivity index (χ2n) is 8.57. The molecule has 3 heterocycles. The van der Waals surface area contributed by atoms with Crippen LogP contribution in [0, 0.1) is 11.3 Å². The van der Waals surface area contributed by atoms with Gasteiger partial charge in [0.05, 0.1) is 12.4 Å². The lowest BCUT2D eigenvalue weighted by Crippen LogP contribution is -2.35. The number of nitrogens with two attached hydrogens (primary N) is 1. The van der Waals surface area contributed by atoms with Gasteiger partial charge in [-0.25, -0.2) is 15.0 Å². The highest BCUT2D eigenvalue weighted by Crippen LogP contribution is 2.35. The lowest BCUT2D eigenvalue weighted by Gasteiger charge is -2.28. The Kier molecular flexibility index (Phi) is 5.77. The average Bonchev–Trinajstić information content (AvgIpc) is 3.49. The number of benzene rings is 1. The number of ether oxygens (including phenoxy) is 1. The zero-order chi connectivity index (χ0) is 22.8. The number of aromatic amines is 1. The van der Waals surface area contributed by atoms with Gasteiger partial charge in [-0.15, -0.1) is 0 Å². The average molecular weight is 446 g/mol. The quantitative estimate of drug-likeness (QED) is 0.476. The summed E-state index contributed by atoms with van der Waals surface area (Å²) in [7, 11) is 0. The molecule has 0 saturated carbocycles. The van der Waals surface area contributed by atoms with E-state index in [0.29, 0.717) is 30.7 Å². The van der Waals surface area contributed by atoms with Gasteiger partial charge in [-0.05, 0) is 50.4 Å². The minimum atomic E-state index is -0.184. The van der Waals surface area contributed by atoms with Crippen LogP contribution in [0.2, 0.25) is 0 Å². The molecule has 2 aliphatic rings. The predicted octanol–water partition coefficient (Wildman–Crippen LogP) is 3.03. The Bertz CT molecular complexity index is 1220. The number of hydrogen-bond acceptors (Lipinski definition) is 8. The minimum absolute atomic E-state index is 0.0845. The Morgan fingerprint density at radius 1 is 1.30 bits per heavy atom. The Labute approximate surface area is 191 Å². The fourth-order valence-electron chi connectivity index (χ4n) is 4.94. The van der Waals surface area contributed by atoms with Gasteiger partial charge in [0.25, 0.3) is 0 Å². The van der Waals surface area contributed by atoms with Gasteiger partial charge in [0.1, 0.15) is 24.2 Å². The van der Waals surface area contributed by atoms with E-state index in [-0.39, 0.29) is 17.7 Å². The van der Waals surface area contributed by atoms with Gasteiger partial charge in [0.15, 0.2) is 17.2 Å². The molecular formula is C24H27N7O2. The summed E-state index contributed by atoms with van der Waals surface area (Å²) in [6.45, 7) is 1.40. The molecule has 1 aliphatic carbocycles. The molecule has 9 nitrogen and oxygen atoms in total. The highest BCUT2D eigenvalue weighted by molar-refractivity contribution is 6.04. The first kappa shape index (κ1) is 21.1. The largest absolute Gasteiger partial charge is 0.491 e. The van der Waals surface area contributed by atoms with Crippen molar-refractivity contribution in [2.75, 3.05) is 18.1 Å². The number of anilines is 1. The van der Waals surface area contributed by atoms with Gasteiger partial charge in [0, 0.05) is 29.3 Å². The number of ketones is 1. The number of imidazole rings is 1. The van der Waals surface area contributed by atoms with Gasteiger partial charge < -0.3 is 25.8 Å². The van der Waals surface area contributed by atoms with E-state index >= 15 is 0 Å². The third kappa shape index (κ3) is 4.06. The zero-order valence-electron chi connectivity index (χ0n) is 18.3. The molecule has 170 valence electrons. The maximum absolute atomic E-state index is 13.1. The first-order valence-corrected chi connectivity index (χ1v) is 11.3. The number of aromatic nitrogens is 4. The van der Waals surface area contributed by atoms with Gasteiger partial charge >= 0.3 is 0 Å². The molecule has 1 fully saturated rings. The van der Waals surface area contributed by atoms with Crippen molar-refractivity contribution in [3.05, 3.63) is 54.3 Å². The van der Waals surface area contributed by atoms with Gasteiger partial charge in [-0.1, -0.05) is 12.1 Å². The molecule has 2 atom stereocenters. The predicted molar refractivity (Wildman–Crippen MR) is 126 cm³/mol. The fourth-order valence-corrected chi connectivity index (χ4v) is 4.94. The third-order valence-electron chi connectivity index (χ3n) is 6.55. The first-order valence-electron chi connectivity index (χ1n) is 11.3. The number of Topliss-reactive ketones (excluding diaryl/α,β-unsaturated/α-hetero) is 1. The zero-order valence-corrected chi connectivity index (χ0v) is 18.3. The van der Waals surface area contributed by atoms with Crippen molar-refractivity contribution in [2.24, 2.45) is 11.7 Å². The number of hydrogen-bond donors (Lipinski definition) is 3. The molecule has 0 unspecified atom stereocenters. The van der Waals surface area contributed by atoms with E-state index < -0.39 is 0 Å². The lowest BCUT2D eigenvalue weighted by molar-refractivity contribution is 0.0904. The summed E-state index contributed by atoms with van der Waals surface area (Å²) in [5.41, 5.74) is 8.95. The molecular weight excluding hydrogens is 418 g/mol. The molecule has 4 N–H and O–H groups in total. The number of nitrogens with zero attached hydrogens (tertiary/aromatic N) is 4. The van der Waals surface area contributed by atoms with E-state index in [4.69, 9.17) is 15.9 Å². The summed E-state index contributed by atoms with van der Waals surface area (Å²) in [4.78, 5) is 31.5. The standard InChI is InChI=1S/C24H27N7O2/c25-9-8-16(26)11-15-6-7-18-19(22(15)32)4-1-5-20(18)33-12-17-3-2-10-31(17)24-21-23(28-13-27-21)29-14-30-24/h1,4-5,8-9,13-15,17,26H,2-3,6-7,10-12,25H2,(H,27,28,29,30)/b9-8-,26-16?/t15-,17-/m1/s1. The number of allylic oxidation sites excluding steroid dienone is 1. The summed E-state index contributed by atoms with van der Waals surface area (Å²) in [5.74, 6) is 1.50. The molecule has 5 rings (SSSR count). The van der Waals surface area contributed by atoms with E-state index in [9.17, 15) is 4.79 Å². The smallest absolute Gasteiger partial charge is 0.166 e. The van der Waals surface area contributed by atoms with Crippen molar-refractivity contribution < 1.29 is 9.53 Å². The number of nitrogens with one attached hydrogen (secondary N) is 2. The Morgan fingerprint density at radius 3 is 3.09 bits per heavy atom. The van der Waals surface area contributed by atoms with Crippen LogP contribution in [0.3, 0.4) is 0 Å². The molecule has 1 saturated heterocycles. The molecule has 9 heteroatoms. The van der Waals surface area contributed by atoms with Crippen LogP contribution in [-0.4, -0.2) is 50.6 Å². The Morgan fingerprint density at radius 2 is 2.21 bits per heavy atom. The summed E-state index contributed by atoms with van der Waals surface area (Å²) >= 11 is 0. The number of carbonyl (C=O) groups is 1. The number of fused-ring (bicyclic) bond motifs is 2. The highest BCUT2D eigenvalue weighted by Gasteiger charge is 2.31. The summed E-state index contributed by atoms with van der Waals surface area (Å²) in [6, 6.07) is 5.87. The van der Waals surface area contributed by atoms with Gasteiger partial charge in [0.2, 0.25) is 0 Å². The molecule has 33 heavy (non-hydrogen) atoms. The molecule has 0 spiro atoms. The van der Waals surface area contributed by atoms with Crippen molar-refractivity contribution in [3.8, 4) is 5.75 Å².